The molecule has 1 saturated carbocycles. The van der Waals surface area contributed by atoms with Crippen molar-refractivity contribution in [2.45, 2.75) is 37.3 Å². The van der Waals surface area contributed by atoms with Gasteiger partial charge in [0.1, 0.15) is 11.5 Å². The summed E-state index contributed by atoms with van der Waals surface area (Å²) in [5.41, 5.74) is 8.54. The van der Waals surface area contributed by atoms with Gasteiger partial charge in [0.2, 0.25) is 12.2 Å². The summed E-state index contributed by atoms with van der Waals surface area (Å²) in [6.07, 6.45) is 6.69. The molecule has 174 valence electrons. The molecule has 34 heavy (non-hydrogen) atoms. The molecule has 2 atom stereocenters. The van der Waals surface area contributed by atoms with E-state index >= 15 is 0 Å². The van der Waals surface area contributed by atoms with Crippen LogP contribution in [-0.2, 0) is 16.8 Å². The molecule has 0 radical (unpaired) electrons. The monoisotopic (exact) mass is 516 g/mol. The van der Waals surface area contributed by atoms with Crippen molar-refractivity contribution in [3.63, 3.8) is 0 Å². The van der Waals surface area contributed by atoms with Gasteiger partial charge >= 0.3 is 0 Å². The second-order valence-corrected chi connectivity index (χ2v) is 8.95. The molecule has 3 aromatic carbocycles. The van der Waals surface area contributed by atoms with E-state index in [9.17, 15) is 4.79 Å². The van der Waals surface area contributed by atoms with Gasteiger partial charge in [0.05, 0.1) is 6.54 Å². The summed E-state index contributed by atoms with van der Waals surface area (Å²) in [7, 11) is 0. The Morgan fingerprint density at radius 2 is 1.47 bits per heavy atom. The first-order valence-corrected chi connectivity index (χ1v) is 11.6. The molecule has 0 aliphatic heterocycles. The average Bonchev–Trinajstić information content (AvgIpc) is 3.52. The minimum absolute atomic E-state index is 0. The Labute approximate surface area is 211 Å². The maximum absolute atomic E-state index is 13.3. The Kier molecular flexibility index (Phi) is 7.27. The predicted molar refractivity (Wildman–Crippen MR) is 127 cm³/mol. The van der Waals surface area contributed by atoms with Crippen LogP contribution in [0.5, 0.6) is 0 Å². The van der Waals surface area contributed by atoms with E-state index in [2.05, 4.69) is 44.9 Å². The number of carbonyl (C=O) groups excluding carboxylic acids is 1. The molecule has 0 unspecified atom stereocenters. The molecule has 4 aromatic rings. The molecule has 0 saturated heterocycles. The van der Waals surface area contributed by atoms with E-state index < -0.39 is 5.41 Å². The van der Waals surface area contributed by atoms with Crippen LogP contribution in [0.3, 0.4) is 0 Å². The van der Waals surface area contributed by atoms with Crippen LogP contribution >= 0.6 is 0 Å². The van der Waals surface area contributed by atoms with E-state index in [1.54, 1.807) is 0 Å². The Bertz CT molecular complexity index is 1170. The summed E-state index contributed by atoms with van der Waals surface area (Å²) < 4.78 is 4.17. The van der Waals surface area contributed by atoms with E-state index in [0.717, 1.165) is 36.9 Å². The van der Waals surface area contributed by atoms with Crippen molar-refractivity contribution < 1.29 is 26.3 Å². The Morgan fingerprint density at radius 1 is 0.912 bits per heavy atom. The Hall–Kier alpha value is -3.25. The van der Waals surface area contributed by atoms with Crippen molar-refractivity contribution in [2.24, 2.45) is 11.7 Å². The van der Waals surface area contributed by atoms with Gasteiger partial charge in [-0.3, -0.25) is 4.79 Å². The summed E-state index contributed by atoms with van der Waals surface area (Å²) in [4.78, 5) is 13.3. The lowest BCUT2D eigenvalue weighted by molar-refractivity contribution is -0.689. The fraction of sp³-hybridized carbons (Fsp3) is 0.250. The van der Waals surface area contributed by atoms with Gasteiger partial charge in [-0.1, -0.05) is 91.0 Å². The lowest BCUT2D eigenvalue weighted by Gasteiger charge is -2.37. The van der Waals surface area contributed by atoms with E-state index in [1.165, 1.54) is 5.56 Å². The number of primary amides is 1. The van der Waals surface area contributed by atoms with Gasteiger partial charge in [0.25, 0.3) is 6.33 Å². The molecule has 0 spiro atoms. The molecular weight excluding hydrogens is 488 g/mol. The predicted octanol–water partition coefficient (Wildman–Crippen LogP) is 1.04. The third-order valence-electron chi connectivity index (χ3n) is 7.05. The zero-order valence-electron chi connectivity index (χ0n) is 19.0. The second-order valence-electron chi connectivity index (χ2n) is 8.95. The molecule has 1 aliphatic carbocycles. The fourth-order valence-corrected chi connectivity index (χ4v) is 5.52. The molecule has 2 N–H and O–H groups in total. The number of nitrogens with two attached hydrogens (primary N) is 1. The molecule has 5 nitrogen and oxygen atoms in total. The maximum Gasteiger partial charge on any atom is 0.265 e. The van der Waals surface area contributed by atoms with Gasteiger partial charge in [-0.2, -0.15) is 0 Å². The Morgan fingerprint density at radius 3 is 2.03 bits per heavy atom. The minimum Gasteiger partial charge on any atom is -1.00 e. The van der Waals surface area contributed by atoms with Crippen LogP contribution < -0.4 is 27.3 Å². The van der Waals surface area contributed by atoms with Crippen LogP contribution in [0.1, 0.15) is 42.0 Å². The molecular formula is C28H29BrN4O. The van der Waals surface area contributed by atoms with Crippen molar-refractivity contribution >= 4 is 5.91 Å². The van der Waals surface area contributed by atoms with Gasteiger partial charge < -0.3 is 22.7 Å². The van der Waals surface area contributed by atoms with Gasteiger partial charge in [0.15, 0.2) is 0 Å². The number of carbonyl (C=O) groups is 1. The normalized spacial score (nSPS) is 17.8. The van der Waals surface area contributed by atoms with Crippen molar-refractivity contribution in [1.29, 1.82) is 0 Å². The van der Waals surface area contributed by atoms with Gasteiger partial charge in [-0.25, -0.2) is 4.57 Å². The van der Waals surface area contributed by atoms with E-state index in [-0.39, 0.29) is 34.8 Å². The van der Waals surface area contributed by atoms with Crippen molar-refractivity contribution in [3.8, 4) is 0 Å². The van der Waals surface area contributed by atoms with Crippen LogP contribution in [0, 0.1) is 5.92 Å². The first-order valence-electron chi connectivity index (χ1n) is 11.6. The van der Waals surface area contributed by atoms with Gasteiger partial charge in [0, 0.05) is 5.10 Å². The smallest absolute Gasteiger partial charge is 0.265 e. The zero-order valence-corrected chi connectivity index (χ0v) is 20.6. The topological polar surface area (TPSA) is 64.8 Å². The van der Waals surface area contributed by atoms with Crippen LogP contribution in [0.15, 0.2) is 104 Å². The number of rotatable bonds is 7. The van der Waals surface area contributed by atoms with E-state index in [4.69, 9.17) is 5.73 Å². The highest BCUT2D eigenvalue weighted by molar-refractivity contribution is 5.91. The molecule has 1 heterocycles. The SMILES string of the molecule is NC(=O)C(c1ccccc1)(c1ccccc1)[C@@H]1CC[C@H](n2c[n+](Cc3ccccc3)cn2)C1.[Br-]. The highest BCUT2D eigenvalue weighted by Crippen LogP contribution is 2.49. The first-order chi connectivity index (χ1) is 16.2. The van der Waals surface area contributed by atoms with Crippen molar-refractivity contribution in [1.82, 2.24) is 9.78 Å². The summed E-state index contributed by atoms with van der Waals surface area (Å²) in [5.74, 6) is -0.193. The first kappa shape index (κ1) is 23.9. The van der Waals surface area contributed by atoms with E-state index in [1.807, 2.05) is 73.1 Å². The number of nitrogens with zero attached hydrogens (tertiary/aromatic N) is 3. The molecule has 5 rings (SSSR count). The maximum atomic E-state index is 13.3. The van der Waals surface area contributed by atoms with Crippen LogP contribution in [-0.4, -0.2) is 15.7 Å². The molecule has 0 bridgehead atoms. The third-order valence-corrected chi connectivity index (χ3v) is 7.05. The van der Waals surface area contributed by atoms with Crippen molar-refractivity contribution in [2.75, 3.05) is 0 Å². The second kappa shape index (κ2) is 10.3. The number of halogens is 1. The van der Waals surface area contributed by atoms with Crippen LogP contribution in [0.2, 0.25) is 0 Å². The number of amides is 1. The number of hydrogen-bond donors (Lipinski definition) is 1. The molecule has 1 aromatic heterocycles. The van der Waals surface area contributed by atoms with Crippen LogP contribution in [0.4, 0.5) is 0 Å². The van der Waals surface area contributed by atoms with Gasteiger partial charge in [-0.05, 0) is 41.9 Å². The highest BCUT2D eigenvalue weighted by Gasteiger charge is 2.51. The minimum atomic E-state index is -0.857. The lowest BCUT2D eigenvalue weighted by atomic mass is 9.64. The molecule has 1 amide bonds. The largest absolute Gasteiger partial charge is 1.00 e. The quantitative estimate of drug-likeness (QED) is 0.373. The number of hydrogen-bond acceptors (Lipinski definition) is 2. The molecule has 1 aliphatic rings. The molecule has 6 heteroatoms. The van der Waals surface area contributed by atoms with Crippen molar-refractivity contribution in [3.05, 3.63) is 120 Å². The summed E-state index contributed by atoms with van der Waals surface area (Å²) >= 11 is 0. The third kappa shape index (κ3) is 4.42. The zero-order chi connectivity index (χ0) is 22.7. The standard InChI is InChI=1S/C28H28N4O.BrH/c29-27(33)28(23-12-6-2-7-13-23,24-14-8-3-9-15-24)25-16-17-26(18-25)32-21-31(20-30-32)19-22-10-4-1-5-11-22;/h1-15,20-21,25-26H,16-19H2,(H-,29,33);1H/t25-,26+;/m1./s1. The Balaban J connectivity index is 0.00000274. The van der Waals surface area contributed by atoms with E-state index in [0.29, 0.717) is 0 Å². The van der Waals surface area contributed by atoms with Crippen LogP contribution in [0.25, 0.3) is 0 Å². The fourth-order valence-electron chi connectivity index (χ4n) is 5.52. The summed E-state index contributed by atoms with van der Waals surface area (Å²) in [6, 6.07) is 30.7. The van der Waals surface area contributed by atoms with Gasteiger partial charge in [-0.15, -0.1) is 4.68 Å². The number of benzene rings is 3. The average molecular weight is 517 g/mol. The lowest BCUT2D eigenvalue weighted by Crippen LogP contribution is -3.00. The molecule has 1 fully saturated rings. The highest BCUT2D eigenvalue weighted by atomic mass is 79.9. The summed E-state index contributed by atoms with van der Waals surface area (Å²) in [5, 5.41) is 4.66. The summed E-state index contributed by atoms with van der Waals surface area (Å²) in [6.45, 7) is 0.788. The number of aromatic nitrogens is 3.